The zero-order valence-corrected chi connectivity index (χ0v) is 15.5. The molecule has 2 N–H and O–H groups in total. The summed E-state index contributed by atoms with van der Waals surface area (Å²) in [5.41, 5.74) is 1.65. The number of anilines is 2. The molecule has 0 aliphatic rings. The fourth-order valence-corrected chi connectivity index (χ4v) is 3.05. The van der Waals surface area contributed by atoms with E-state index in [1.165, 1.54) is 23.1 Å². The van der Waals surface area contributed by atoms with Gasteiger partial charge in [-0.15, -0.1) is 5.10 Å². The van der Waals surface area contributed by atoms with E-state index in [0.717, 1.165) is 5.39 Å². The van der Waals surface area contributed by atoms with Crippen molar-refractivity contribution >= 4 is 28.2 Å². The lowest BCUT2D eigenvalue weighted by molar-refractivity contribution is 0.269. The SMILES string of the molecule is O=c1nccncc1Nc1nc2ccccc2c2nc(-c3cnn(CCO)c3)nn12. The van der Waals surface area contributed by atoms with E-state index >= 15 is 0 Å². The molecule has 0 atom stereocenters. The molecule has 5 rings (SSSR count). The fraction of sp³-hybridized carbons (Fsp3) is 0.105. The highest BCUT2D eigenvalue weighted by Gasteiger charge is 2.16. The van der Waals surface area contributed by atoms with Crippen molar-refractivity contribution in [2.24, 2.45) is 0 Å². The maximum Gasteiger partial charge on any atom is 0.295 e. The molecule has 0 saturated heterocycles. The molecule has 0 aliphatic heterocycles. The predicted molar refractivity (Wildman–Crippen MR) is 108 cm³/mol. The minimum absolute atomic E-state index is 0.0174. The first-order valence-electron chi connectivity index (χ1n) is 9.09. The molecule has 11 heteroatoms. The molecular formula is C19H15N9O2. The van der Waals surface area contributed by atoms with Gasteiger partial charge in [0, 0.05) is 24.0 Å². The van der Waals surface area contributed by atoms with Gasteiger partial charge in [-0.3, -0.25) is 14.5 Å². The van der Waals surface area contributed by atoms with E-state index in [-0.39, 0.29) is 12.3 Å². The standard InChI is InChI=1S/C19H15N9O2/c29-8-7-27-11-12(9-22-27)16-25-17-13-3-1-2-4-14(13)23-19(28(17)26-16)24-15-10-20-5-6-21-18(15)30/h1-6,9-11,29H,7-8H2,(H,21,23,24,30). The fourth-order valence-electron chi connectivity index (χ4n) is 3.05. The van der Waals surface area contributed by atoms with Crippen LogP contribution in [0, 0.1) is 0 Å². The zero-order valence-electron chi connectivity index (χ0n) is 15.5. The third-order valence-corrected chi connectivity index (χ3v) is 4.42. The van der Waals surface area contributed by atoms with Crippen molar-refractivity contribution in [1.29, 1.82) is 0 Å². The monoisotopic (exact) mass is 401 g/mol. The quantitative estimate of drug-likeness (QED) is 0.442. The average molecular weight is 401 g/mol. The Balaban J connectivity index is 1.70. The summed E-state index contributed by atoms with van der Waals surface area (Å²) in [6, 6.07) is 7.52. The molecule has 4 aromatic heterocycles. The van der Waals surface area contributed by atoms with Crippen LogP contribution in [0.5, 0.6) is 0 Å². The highest BCUT2D eigenvalue weighted by atomic mass is 16.3. The summed E-state index contributed by atoms with van der Waals surface area (Å²) in [4.78, 5) is 29.2. The van der Waals surface area contributed by atoms with E-state index in [1.807, 2.05) is 24.3 Å². The number of fused-ring (bicyclic) bond motifs is 3. The number of nitrogens with one attached hydrogen (secondary N) is 1. The number of aliphatic hydroxyl groups excluding tert-OH is 1. The van der Waals surface area contributed by atoms with Crippen LogP contribution in [0.15, 0.2) is 60.0 Å². The Bertz CT molecular complexity index is 1430. The Hall–Kier alpha value is -4.25. The lowest BCUT2D eigenvalue weighted by Crippen LogP contribution is -2.11. The van der Waals surface area contributed by atoms with Crippen LogP contribution in [-0.4, -0.2) is 51.0 Å². The first-order chi connectivity index (χ1) is 14.7. The van der Waals surface area contributed by atoms with Gasteiger partial charge in [-0.1, -0.05) is 12.1 Å². The highest BCUT2D eigenvalue weighted by molar-refractivity contribution is 5.93. The summed E-state index contributed by atoms with van der Waals surface area (Å²) >= 11 is 0. The smallest absolute Gasteiger partial charge is 0.295 e. The van der Waals surface area contributed by atoms with Gasteiger partial charge in [0.15, 0.2) is 11.5 Å². The molecule has 0 unspecified atom stereocenters. The van der Waals surface area contributed by atoms with E-state index in [4.69, 9.17) is 5.11 Å². The van der Waals surface area contributed by atoms with Crippen LogP contribution in [0.2, 0.25) is 0 Å². The van der Waals surface area contributed by atoms with Crippen molar-refractivity contribution in [2.45, 2.75) is 6.54 Å². The second-order valence-corrected chi connectivity index (χ2v) is 6.39. The van der Waals surface area contributed by atoms with Crippen molar-refractivity contribution < 1.29 is 5.11 Å². The summed E-state index contributed by atoms with van der Waals surface area (Å²) in [5, 5.41) is 21.7. The van der Waals surface area contributed by atoms with E-state index < -0.39 is 5.56 Å². The third-order valence-electron chi connectivity index (χ3n) is 4.42. The molecule has 5 aromatic rings. The van der Waals surface area contributed by atoms with E-state index in [1.54, 1.807) is 17.1 Å². The van der Waals surface area contributed by atoms with E-state index in [2.05, 4.69) is 35.5 Å². The Morgan fingerprint density at radius 3 is 2.90 bits per heavy atom. The second kappa shape index (κ2) is 7.29. The number of rotatable bonds is 5. The molecule has 1 aromatic carbocycles. The Kier molecular flexibility index (Phi) is 4.33. The molecule has 0 fully saturated rings. The van der Waals surface area contributed by atoms with Gasteiger partial charge in [0.1, 0.15) is 5.69 Å². The molecule has 11 nitrogen and oxygen atoms in total. The summed E-state index contributed by atoms with van der Waals surface area (Å²) in [7, 11) is 0. The Labute approximate surface area is 168 Å². The summed E-state index contributed by atoms with van der Waals surface area (Å²) < 4.78 is 3.15. The summed E-state index contributed by atoms with van der Waals surface area (Å²) in [6.07, 6.45) is 7.53. The van der Waals surface area contributed by atoms with Crippen LogP contribution >= 0.6 is 0 Å². The van der Waals surface area contributed by atoms with Crippen LogP contribution in [0.3, 0.4) is 0 Å². The van der Waals surface area contributed by atoms with Gasteiger partial charge in [-0.2, -0.15) is 9.61 Å². The third kappa shape index (κ3) is 3.12. The number of hydrogen-bond acceptors (Lipinski definition) is 9. The topological polar surface area (TPSA) is 136 Å². The molecule has 0 aliphatic carbocycles. The Morgan fingerprint density at radius 2 is 2.00 bits per heavy atom. The molecular weight excluding hydrogens is 386 g/mol. The molecule has 0 saturated carbocycles. The van der Waals surface area contributed by atoms with Crippen LogP contribution in [0.1, 0.15) is 0 Å². The largest absolute Gasteiger partial charge is 0.394 e. The van der Waals surface area contributed by atoms with Crippen LogP contribution in [-0.2, 0) is 6.54 Å². The number of hydrogen-bond donors (Lipinski definition) is 2. The van der Waals surface area contributed by atoms with Crippen LogP contribution in [0.25, 0.3) is 27.9 Å². The summed E-state index contributed by atoms with van der Waals surface area (Å²) in [6.45, 7) is 0.360. The van der Waals surface area contributed by atoms with Crippen molar-refractivity contribution in [3.8, 4) is 11.4 Å². The molecule has 30 heavy (non-hydrogen) atoms. The zero-order chi connectivity index (χ0) is 20.5. The number of aliphatic hydroxyl groups is 1. The molecule has 0 radical (unpaired) electrons. The van der Waals surface area contributed by atoms with Crippen molar-refractivity contribution in [3.05, 3.63) is 65.6 Å². The minimum atomic E-state index is -0.471. The maximum atomic E-state index is 12.2. The highest BCUT2D eigenvalue weighted by Crippen LogP contribution is 2.24. The predicted octanol–water partition coefficient (Wildman–Crippen LogP) is 1.03. The lowest BCUT2D eigenvalue weighted by Gasteiger charge is -2.07. The molecule has 0 spiro atoms. The molecule has 4 heterocycles. The van der Waals surface area contributed by atoms with Crippen molar-refractivity contribution in [1.82, 2.24) is 39.3 Å². The first-order valence-corrected chi connectivity index (χ1v) is 9.09. The van der Waals surface area contributed by atoms with Crippen LogP contribution < -0.4 is 10.9 Å². The maximum absolute atomic E-state index is 12.2. The van der Waals surface area contributed by atoms with E-state index in [0.29, 0.717) is 35.0 Å². The normalized spacial score (nSPS) is 11.2. The van der Waals surface area contributed by atoms with Gasteiger partial charge in [0.05, 0.1) is 36.6 Å². The average Bonchev–Trinajstić information content (AvgIpc) is 3.35. The van der Waals surface area contributed by atoms with Gasteiger partial charge in [0.2, 0.25) is 5.95 Å². The first kappa shape index (κ1) is 17.8. The molecule has 0 amide bonds. The van der Waals surface area contributed by atoms with Gasteiger partial charge < -0.3 is 10.4 Å². The van der Waals surface area contributed by atoms with Crippen molar-refractivity contribution in [2.75, 3.05) is 11.9 Å². The number of para-hydroxylation sites is 1. The number of nitrogens with zero attached hydrogens (tertiary/aromatic N) is 8. The second-order valence-electron chi connectivity index (χ2n) is 6.39. The van der Waals surface area contributed by atoms with E-state index in [9.17, 15) is 4.79 Å². The number of aromatic nitrogens is 8. The van der Waals surface area contributed by atoms with Gasteiger partial charge in [0.25, 0.3) is 5.56 Å². The van der Waals surface area contributed by atoms with Gasteiger partial charge in [-0.05, 0) is 12.1 Å². The van der Waals surface area contributed by atoms with Gasteiger partial charge in [-0.25, -0.2) is 15.0 Å². The number of benzene rings is 1. The lowest BCUT2D eigenvalue weighted by atomic mass is 10.2. The van der Waals surface area contributed by atoms with Gasteiger partial charge >= 0.3 is 0 Å². The molecule has 148 valence electrons. The minimum Gasteiger partial charge on any atom is -0.394 e. The Morgan fingerprint density at radius 1 is 1.10 bits per heavy atom. The van der Waals surface area contributed by atoms with Crippen LogP contribution in [0.4, 0.5) is 11.6 Å². The van der Waals surface area contributed by atoms with Crippen molar-refractivity contribution in [3.63, 3.8) is 0 Å². The molecule has 0 bridgehead atoms. The summed E-state index contributed by atoms with van der Waals surface area (Å²) in [5.74, 6) is 0.745.